The van der Waals surface area contributed by atoms with Crippen LogP contribution in [0, 0.1) is 12.1 Å². The lowest BCUT2D eigenvalue weighted by Gasteiger charge is -2.03. The fraction of sp³-hybridized carbons (Fsp3) is 0.0667. The maximum Gasteiger partial charge on any atom is 0.163 e. The molecule has 0 aliphatic heterocycles. The van der Waals surface area contributed by atoms with Crippen LogP contribution in [-0.2, 0) is 7.05 Å². The molecular weight excluding hydrogens is 222 g/mol. The van der Waals surface area contributed by atoms with Gasteiger partial charge in [-0.1, -0.05) is 48.5 Å². The van der Waals surface area contributed by atoms with E-state index in [1.54, 1.807) is 0 Å². The minimum absolute atomic E-state index is 0.854. The van der Waals surface area contributed by atoms with Crippen LogP contribution in [-0.4, -0.2) is 14.8 Å². The molecule has 2 radical (unpaired) electrons. The lowest BCUT2D eigenvalue weighted by atomic mass is 10.2. The number of rotatable bonds is 2. The predicted octanol–water partition coefficient (Wildman–Crippen LogP) is 2.75. The average molecular weight is 233 g/mol. The van der Waals surface area contributed by atoms with E-state index in [2.05, 4.69) is 22.3 Å². The third-order valence-corrected chi connectivity index (χ3v) is 2.83. The summed E-state index contributed by atoms with van der Waals surface area (Å²) in [6.07, 6.45) is 0. The van der Waals surface area contributed by atoms with Gasteiger partial charge in [-0.15, -0.1) is 10.2 Å². The average Bonchev–Trinajstić information content (AvgIpc) is 2.83. The zero-order chi connectivity index (χ0) is 12.4. The van der Waals surface area contributed by atoms with Crippen LogP contribution in [0.1, 0.15) is 0 Å². The van der Waals surface area contributed by atoms with E-state index < -0.39 is 0 Å². The van der Waals surface area contributed by atoms with E-state index in [1.807, 2.05) is 60.1 Å². The van der Waals surface area contributed by atoms with Crippen molar-refractivity contribution in [3.8, 4) is 22.8 Å². The van der Waals surface area contributed by atoms with Gasteiger partial charge in [0.05, 0.1) is 0 Å². The highest BCUT2D eigenvalue weighted by Crippen LogP contribution is 2.22. The van der Waals surface area contributed by atoms with Gasteiger partial charge in [0, 0.05) is 18.2 Å². The molecule has 0 N–H and O–H groups in total. The Morgan fingerprint density at radius 2 is 1.17 bits per heavy atom. The van der Waals surface area contributed by atoms with Crippen LogP contribution >= 0.6 is 0 Å². The van der Waals surface area contributed by atoms with Crippen molar-refractivity contribution in [3.05, 3.63) is 60.7 Å². The van der Waals surface area contributed by atoms with E-state index >= 15 is 0 Å². The summed E-state index contributed by atoms with van der Waals surface area (Å²) in [5.74, 6) is 1.71. The SMILES string of the molecule is Cn1c(-c2cc[c]cc2)nnc1-c1cc[c]cc1. The first kappa shape index (κ1) is 10.7. The fourth-order valence-electron chi connectivity index (χ4n) is 1.90. The highest BCUT2D eigenvalue weighted by molar-refractivity contribution is 5.62. The van der Waals surface area contributed by atoms with Crippen LogP contribution in [0.25, 0.3) is 22.8 Å². The molecule has 0 amide bonds. The highest BCUT2D eigenvalue weighted by atomic mass is 15.3. The third-order valence-electron chi connectivity index (χ3n) is 2.83. The molecule has 0 aliphatic carbocycles. The van der Waals surface area contributed by atoms with Crippen molar-refractivity contribution in [2.75, 3.05) is 0 Å². The van der Waals surface area contributed by atoms with Crippen molar-refractivity contribution in [2.24, 2.45) is 7.05 Å². The largest absolute Gasteiger partial charge is 0.310 e. The topological polar surface area (TPSA) is 30.7 Å². The molecule has 2 aromatic carbocycles. The molecule has 1 heterocycles. The number of benzene rings is 2. The minimum Gasteiger partial charge on any atom is -0.310 e. The zero-order valence-electron chi connectivity index (χ0n) is 9.96. The first-order chi connectivity index (χ1) is 8.86. The molecular formula is C15H11N3. The summed E-state index contributed by atoms with van der Waals surface area (Å²) in [5, 5.41) is 8.50. The summed E-state index contributed by atoms with van der Waals surface area (Å²) in [5.41, 5.74) is 2.08. The quantitative estimate of drug-likeness (QED) is 0.681. The van der Waals surface area contributed by atoms with Crippen LogP contribution in [0.5, 0.6) is 0 Å². The maximum absolute atomic E-state index is 4.25. The number of hydrogen-bond donors (Lipinski definition) is 0. The summed E-state index contributed by atoms with van der Waals surface area (Å²) in [6, 6.07) is 21.4. The van der Waals surface area contributed by atoms with Gasteiger partial charge in [-0.2, -0.15) is 0 Å². The Morgan fingerprint density at radius 3 is 1.56 bits per heavy atom. The smallest absolute Gasteiger partial charge is 0.163 e. The normalized spacial score (nSPS) is 10.5. The molecule has 0 spiro atoms. The van der Waals surface area contributed by atoms with E-state index in [0.29, 0.717) is 0 Å². The molecule has 0 fully saturated rings. The van der Waals surface area contributed by atoms with Crippen molar-refractivity contribution in [1.29, 1.82) is 0 Å². The minimum atomic E-state index is 0.854. The van der Waals surface area contributed by atoms with Crippen molar-refractivity contribution in [1.82, 2.24) is 14.8 Å². The molecule has 0 saturated carbocycles. The molecule has 0 saturated heterocycles. The van der Waals surface area contributed by atoms with E-state index in [4.69, 9.17) is 0 Å². The monoisotopic (exact) mass is 233 g/mol. The van der Waals surface area contributed by atoms with Gasteiger partial charge >= 0.3 is 0 Å². The molecule has 3 heteroatoms. The number of nitrogens with zero attached hydrogens (tertiary/aromatic N) is 3. The first-order valence-corrected chi connectivity index (χ1v) is 5.68. The molecule has 0 aliphatic rings. The van der Waals surface area contributed by atoms with Gasteiger partial charge in [-0.05, 0) is 12.1 Å². The van der Waals surface area contributed by atoms with Gasteiger partial charge in [0.15, 0.2) is 11.6 Å². The second kappa shape index (κ2) is 4.45. The molecule has 18 heavy (non-hydrogen) atoms. The zero-order valence-corrected chi connectivity index (χ0v) is 9.96. The summed E-state index contributed by atoms with van der Waals surface area (Å²) in [7, 11) is 1.97. The van der Waals surface area contributed by atoms with E-state index in [9.17, 15) is 0 Å². The van der Waals surface area contributed by atoms with E-state index in [-0.39, 0.29) is 0 Å². The van der Waals surface area contributed by atoms with Crippen LogP contribution in [0.4, 0.5) is 0 Å². The lowest BCUT2D eigenvalue weighted by Crippen LogP contribution is -1.95. The first-order valence-electron chi connectivity index (χ1n) is 5.68. The summed E-state index contributed by atoms with van der Waals surface area (Å²) in [4.78, 5) is 0. The van der Waals surface area contributed by atoms with Gasteiger partial charge in [0.25, 0.3) is 0 Å². The van der Waals surface area contributed by atoms with Crippen LogP contribution in [0.15, 0.2) is 48.5 Å². The van der Waals surface area contributed by atoms with Crippen molar-refractivity contribution in [3.63, 3.8) is 0 Å². The van der Waals surface area contributed by atoms with Gasteiger partial charge in [-0.3, -0.25) is 0 Å². The maximum atomic E-state index is 4.25. The van der Waals surface area contributed by atoms with Gasteiger partial charge in [-0.25, -0.2) is 0 Å². The van der Waals surface area contributed by atoms with E-state index in [1.165, 1.54) is 0 Å². The Morgan fingerprint density at radius 1 is 0.778 bits per heavy atom. The molecule has 3 nitrogen and oxygen atoms in total. The molecule has 1 aromatic heterocycles. The highest BCUT2D eigenvalue weighted by Gasteiger charge is 2.11. The summed E-state index contributed by atoms with van der Waals surface area (Å²) >= 11 is 0. The molecule has 3 rings (SSSR count). The predicted molar refractivity (Wildman–Crippen MR) is 69.5 cm³/mol. The van der Waals surface area contributed by atoms with Gasteiger partial charge < -0.3 is 4.57 Å². The van der Waals surface area contributed by atoms with Crippen LogP contribution < -0.4 is 0 Å². The molecule has 0 bridgehead atoms. The van der Waals surface area contributed by atoms with Gasteiger partial charge in [0.1, 0.15) is 0 Å². The molecule has 0 unspecified atom stereocenters. The standard InChI is InChI=1S/C15H11N3/c1-18-14(12-8-4-2-5-9-12)16-17-15(18)13-10-6-3-7-11-13/h4-11H,1H3. The Hall–Kier alpha value is -2.42. The summed E-state index contributed by atoms with van der Waals surface area (Å²) < 4.78 is 1.99. The lowest BCUT2D eigenvalue weighted by molar-refractivity contribution is 0.930. The Balaban J connectivity index is 2.09. The van der Waals surface area contributed by atoms with Gasteiger partial charge in [0.2, 0.25) is 0 Å². The summed E-state index contributed by atoms with van der Waals surface area (Å²) in [6.45, 7) is 0. The number of hydrogen-bond acceptors (Lipinski definition) is 2. The number of aromatic nitrogens is 3. The van der Waals surface area contributed by atoms with Crippen LogP contribution in [0.2, 0.25) is 0 Å². The Labute approximate surface area is 106 Å². The van der Waals surface area contributed by atoms with Crippen molar-refractivity contribution in [2.45, 2.75) is 0 Å². The second-order valence-corrected chi connectivity index (χ2v) is 3.98. The van der Waals surface area contributed by atoms with Crippen molar-refractivity contribution >= 4 is 0 Å². The van der Waals surface area contributed by atoms with Crippen LogP contribution in [0.3, 0.4) is 0 Å². The van der Waals surface area contributed by atoms with Crippen molar-refractivity contribution < 1.29 is 0 Å². The Bertz CT molecular complexity index is 585. The Kier molecular flexibility index (Phi) is 2.65. The molecule has 86 valence electrons. The van der Waals surface area contributed by atoms with E-state index in [0.717, 1.165) is 22.8 Å². The fourth-order valence-corrected chi connectivity index (χ4v) is 1.90. The third kappa shape index (κ3) is 1.80. The molecule has 3 aromatic rings. The second-order valence-electron chi connectivity index (χ2n) is 3.98. The molecule has 0 atom stereocenters.